The second-order valence-electron chi connectivity index (χ2n) is 8.73. The van der Waals surface area contributed by atoms with Crippen LogP contribution < -0.4 is 0 Å². The minimum atomic E-state index is -1.53. The van der Waals surface area contributed by atoms with Crippen LogP contribution in [-0.2, 0) is 9.53 Å². The molecule has 2 atom stereocenters. The minimum Gasteiger partial charge on any atom is -0.469 e. The Morgan fingerprint density at radius 2 is 1.87 bits per heavy atom. The standard InChI is InChI=1S/C27H38O2P/c1-23-14-13-19-26(22-23)30(24-15-7-5-8-16-24,25-17-9-6-10-18-25)21-12-4-3-11-20-27(28)29-2/h5,7,9,13-15,17-19,23H,3-4,6,8,10-12,16,20-22H2,1-2H3/q+1/t23-,30?/m1/s1. The molecule has 3 rings (SSSR count). The molecule has 0 saturated carbocycles. The van der Waals surface area contributed by atoms with Crippen molar-refractivity contribution >= 4 is 13.2 Å². The van der Waals surface area contributed by atoms with Gasteiger partial charge in [0.25, 0.3) is 0 Å². The second kappa shape index (κ2) is 11.7. The molecule has 0 fully saturated rings. The maximum absolute atomic E-state index is 11.4. The fourth-order valence-corrected chi connectivity index (χ4v) is 10.1. The molecule has 0 spiro atoms. The topological polar surface area (TPSA) is 26.3 Å². The molecule has 0 heterocycles. The highest BCUT2D eigenvalue weighted by atomic mass is 31.2. The van der Waals surface area contributed by atoms with Gasteiger partial charge in [0.05, 0.1) is 29.2 Å². The molecule has 0 amide bonds. The second-order valence-corrected chi connectivity index (χ2v) is 12.5. The quantitative estimate of drug-likeness (QED) is 0.201. The van der Waals surface area contributed by atoms with E-state index in [0.29, 0.717) is 12.3 Å². The lowest BCUT2D eigenvalue weighted by molar-refractivity contribution is -0.140. The van der Waals surface area contributed by atoms with Crippen molar-refractivity contribution in [1.82, 2.24) is 0 Å². The van der Waals surface area contributed by atoms with Crippen LogP contribution in [0.4, 0.5) is 0 Å². The third-order valence-corrected chi connectivity index (χ3v) is 11.4. The highest BCUT2D eigenvalue weighted by molar-refractivity contribution is 7.87. The Morgan fingerprint density at radius 3 is 2.57 bits per heavy atom. The van der Waals surface area contributed by atoms with Gasteiger partial charge in [-0.1, -0.05) is 43.7 Å². The van der Waals surface area contributed by atoms with E-state index in [-0.39, 0.29) is 5.97 Å². The smallest absolute Gasteiger partial charge is 0.305 e. The van der Waals surface area contributed by atoms with Gasteiger partial charge in [0.2, 0.25) is 0 Å². The van der Waals surface area contributed by atoms with E-state index in [0.717, 1.165) is 12.8 Å². The zero-order valence-corrected chi connectivity index (χ0v) is 19.7. The molecule has 0 aromatic heterocycles. The van der Waals surface area contributed by atoms with Crippen LogP contribution in [0.5, 0.6) is 0 Å². The Hall–Kier alpha value is -1.66. The van der Waals surface area contributed by atoms with Crippen molar-refractivity contribution in [3.05, 3.63) is 70.6 Å². The van der Waals surface area contributed by atoms with E-state index < -0.39 is 7.26 Å². The average Bonchev–Trinajstić information content (AvgIpc) is 2.80. The molecule has 162 valence electrons. The SMILES string of the molecule is COC(=O)CCCCCC[P+](C1=CCCC=C1)(C1=CC=CCC1)C1=CC=C[C@@H](C)C1. The molecular formula is C27H38O2P+. The number of esters is 1. The third-order valence-electron chi connectivity index (χ3n) is 6.50. The van der Waals surface area contributed by atoms with Gasteiger partial charge in [0.1, 0.15) is 7.26 Å². The Bertz CT molecular complexity index is 781. The first-order chi connectivity index (χ1) is 14.7. The molecule has 30 heavy (non-hydrogen) atoms. The summed E-state index contributed by atoms with van der Waals surface area (Å²) >= 11 is 0. The summed E-state index contributed by atoms with van der Waals surface area (Å²) in [4.78, 5) is 11.4. The third kappa shape index (κ3) is 5.73. The van der Waals surface area contributed by atoms with E-state index in [2.05, 4.69) is 61.6 Å². The fourth-order valence-electron chi connectivity index (χ4n) is 4.90. The van der Waals surface area contributed by atoms with Crippen LogP contribution in [0.25, 0.3) is 0 Å². The lowest BCUT2D eigenvalue weighted by Crippen LogP contribution is -2.13. The lowest BCUT2D eigenvalue weighted by atomic mass is 10.0. The molecule has 0 aliphatic heterocycles. The van der Waals surface area contributed by atoms with Gasteiger partial charge in [-0.15, -0.1) is 0 Å². The van der Waals surface area contributed by atoms with Crippen molar-refractivity contribution < 1.29 is 9.53 Å². The maximum Gasteiger partial charge on any atom is 0.305 e. The summed E-state index contributed by atoms with van der Waals surface area (Å²) in [7, 11) is -0.0524. The van der Waals surface area contributed by atoms with Crippen molar-refractivity contribution in [3.63, 3.8) is 0 Å². The van der Waals surface area contributed by atoms with Gasteiger partial charge in [-0.25, -0.2) is 0 Å². The van der Waals surface area contributed by atoms with Gasteiger partial charge in [-0.2, -0.15) is 0 Å². The average molecular weight is 426 g/mol. The van der Waals surface area contributed by atoms with E-state index >= 15 is 0 Å². The molecule has 0 N–H and O–H groups in total. The number of unbranched alkanes of at least 4 members (excludes halogenated alkanes) is 3. The first-order valence-corrected chi connectivity index (χ1v) is 13.7. The van der Waals surface area contributed by atoms with E-state index in [1.54, 1.807) is 15.9 Å². The summed E-state index contributed by atoms with van der Waals surface area (Å²) in [6.07, 6.45) is 33.8. The summed E-state index contributed by atoms with van der Waals surface area (Å²) < 4.78 is 4.78. The number of hydrogen-bond donors (Lipinski definition) is 0. The first kappa shape index (κ1) is 23.0. The molecule has 0 bridgehead atoms. The van der Waals surface area contributed by atoms with Gasteiger partial charge in [0.15, 0.2) is 0 Å². The lowest BCUT2D eigenvalue weighted by Gasteiger charge is -2.35. The summed E-state index contributed by atoms with van der Waals surface area (Å²) in [5.74, 6) is 0.541. The normalized spacial score (nSPS) is 22.7. The van der Waals surface area contributed by atoms with E-state index in [1.807, 2.05) is 0 Å². The van der Waals surface area contributed by atoms with Gasteiger partial charge >= 0.3 is 5.97 Å². The number of ether oxygens (including phenoxy) is 1. The van der Waals surface area contributed by atoms with E-state index in [1.165, 1.54) is 58.2 Å². The summed E-state index contributed by atoms with van der Waals surface area (Å²) in [5.41, 5.74) is 0. The molecule has 3 aliphatic carbocycles. The Kier molecular flexibility index (Phi) is 8.94. The van der Waals surface area contributed by atoms with Crippen LogP contribution in [0.3, 0.4) is 0 Å². The Morgan fingerprint density at radius 1 is 1.03 bits per heavy atom. The van der Waals surface area contributed by atoms with E-state index in [9.17, 15) is 4.79 Å². The monoisotopic (exact) mass is 425 g/mol. The van der Waals surface area contributed by atoms with Crippen LogP contribution in [0.2, 0.25) is 0 Å². The minimum absolute atomic E-state index is 0.0818. The summed E-state index contributed by atoms with van der Waals surface area (Å²) in [6, 6.07) is 0. The number of carbonyl (C=O) groups excluding carboxylic acids is 1. The van der Waals surface area contributed by atoms with Crippen LogP contribution >= 0.6 is 7.26 Å². The summed E-state index contributed by atoms with van der Waals surface area (Å²) in [5, 5.41) is 5.02. The number of allylic oxidation sites excluding steroid dienone is 12. The highest BCUT2D eigenvalue weighted by Gasteiger charge is 2.49. The van der Waals surface area contributed by atoms with Gasteiger partial charge in [-0.05, 0) is 68.7 Å². The molecule has 2 nitrogen and oxygen atoms in total. The number of rotatable bonds is 10. The number of methoxy groups -OCH3 is 1. The number of carbonyl (C=O) groups is 1. The molecule has 0 saturated heterocycles. The molecule has 1 unspecified atom stereocenters. The first-order valence-electron chi connectivity index (χ1n) is 11.7. The van der Waals surface area contributed by atoms with Crippen molar-refractivity contribution in [1.29, 1.82) is 0 Å². The maximum atomic E-state index is 11.4. The van der Waals surface area contributed by atoms with Crippen LogP contribution in [0.15, 0.2) is 70.6 Å². The molecule has 0 aromatic rings. The van der Waals surface area contributed by atoms with Crippen LogP contribution in [-0.4, -0.2) is 19.2 Å². The largest absolute Gasteiger partial charge is 0.469 e. The zero-order chi connectivity index (χ0) is 21.2. The predicted molar refractivity (Wildman–Crippen MR) is 131 cm³/mol. The fraction of sp³-hybridized carbons (Fsp3) is 0.519. The number of hydrogen-bond acceptors (Lipinski definition) is 2. The van der Waals surface area contributed by atoms with Crippen molar-refractivity contribution in [2.24, 2.45) is 5.92 Å². The zero-order valence-electron chi connectivity index (χ0n) is 18.8. The van der Waals surface area contributed by atoms with Gasteiger partial charge in [0, 0.05) is 19.3 Å². The molecule has 3 heteroatoms. The van der Waals surface area contributed by atoms with Crippen LogP contribution in [0, 0.1) is 5.92 Å². The highest BCUT2D eigenvalue weighted by Crippen LogP contribution is 2.80. The Balaban J connectivity index is 1.84. The molecule has 0 aromatic carbocycles. The molecular weight excluding hydrogens is 387 g/mol. The van der Waals surface area contributed by atoms with Crippen molar-refractivity contribution in [2.75, 3.05) is 13.3 Å². The molecule has 3 aliphatic rings. The Labute approximate surface area is 183 Å². The van der Waals surface area contributed by atoms with Gasteiger partial charge in [-0.3, -0.25) is 4.79 Å². The van der Waals surface area contributed by atoms with Crippen molar-refractivity contribution in [2.45, 2.75) is 71.1 Å². The summed E-state index contributed by atoms with van der Waals surface area (Å²) in [6.45, 7) is 2.35. The van der Waals surface area contributed by atoms with Crippen molar-refractivity contribution in [3.8, 4) is 0 Å². The molecule has 0 radical (unpaired) electrons. The predicted octanol–water partition coefficient (Wildman–Crippen LogP) is 8.08. The van der Waals surface area contributed by atoms with Crippen LogP contribution in [0.1, 0.15) is 71.1 Å². The van der Waals surface area contributed by atoms with Gasteiger partial charge < -0.3 is 4.74 Å². The van der Waals surface area contributed by atoms with E-state index in [4.69, 9.17) is 4.74 Å².